The molecular formula is C35H35N3O4S. The zero-order valence-corrected chi connectivity index (χ0v) is 25.5. The monoisotopic (exact) mass is 593 g/mol. The van der Waals surface area contributed by atoms with E-state index in [4.69, 9.17) is 14.5 Å². The zero-order chi connectivity index (χ0) is 29.9. The molecule has 220 valence electrons. The van der Waals surface area contributed by atoms with Gasteiger partial charge in [-0.25, -0.2) is 9.79 Å². The first kappa shape index (κ1) is 28.7. The number of hydrogen-bond acceptors (Lipinski definition) is 7. The highest BCUT2D eigenvalue weighted by Crippen LogP contribution is 2.35. The second-order valence-electron chi connectivity index (χ2n) is 10.7. The molecule has 1 atom stereocenters. The van der Waals surface area contributed by atoms with Gasteiger partial charge in [0.05, 0.1) is 35.1 Å². The van der Waals surface area contributed by atoms with Gasteiger partial charge >= 0.3 is 5.97 Å². The Bertz CT molecular complexity index is 1850. The molecule has 0 unspecified atom stereocenters. The van der Waals surface area contributed by atoms with E-state index in [-0.39, 0.29) is 12.2 Å². The zero-order valence-electron chi connectivity index (χ0n) is 24.7. The topological polar surface area (TPSA) is 73.1 Å². The van der Waals surface area contributed by atoms with Crippen molar-refractivity contribution in [2.45, 2.75) is 39.7 Å². The van der Waals surface area contributed by atoms with Crippen LogP contribution in [-0.4, -0.2) is 36.8 Å². The maximum absolute atomic E-state index is 14.2. The molecule has 2 aliphatic heterocycles. The van der Waals surface area contributed by atoms with Gasteiger partial charge in [0.1, 0.15) is 5.75 Å². The molecule has 0 bridgehead atoms. The average Bonchev–Trinajstić information content (AvgIpc) is 3.66. The molecule has 43 heavy (non-hydrogen) atoms. The van der Waals surface area contributed by atoms with Crippen LogP contribution in [0.15, 0.2) is 88.2 Å². The minimum atomic E-state index is -0.720. The summed E-state index contributed by atoms with van der Waals surface area (Å²) in [5, 5.41) is 0. The molecule has 3 heterocycles. The second-order valence-corrected chi connectivity index (χ2v) is 11.7. The first-order valence-corrected chi connectivity index (χ1v) is 15.7. The molecular weight excluding hydrogens is 558 g/mol. The molecule has 0 radical (unpaired) electrons. The summed E-state index contributed by atoms with van der Waals surface area (Å²) in [6.07, 6.45) is 4.36. The van der Waals surface area contributed by atoms with Crippen molar-refractivity contribution < 1.29 is 14.3 Å². The molecule has 0 saturated carbocycles. The molecule has 4 aromatic rings. The smallest absolute Gasteiger partial charge is 0.338 e. The number of hydrogen-bond donors (Lipinski definition) is 0. The van der Waals surface area contributed by atoms with Crippen LogP contribution in [0.1, 0.15) is 55.0 Å². The average molecular weight is 594 g/mol. The number of benzene rings is 3. The lowest BCUT2D eigenvalue weighted by Crippen LogP contribution is -2.40. The number of aromatic nitrogens is 1. The van der Waals surface area contributed by atoms with Crippen LogP contribution in [0.4, 0.5) is 5.69 Å². The maximum Gasteiger partial charge on any atom is 0.338 e. The molecule has 2 aliphatic rings. The van der Waals surface area contributed by atoms with E-state index in [1.807, 2.05) is 67.6 Å². The van der Waals surface area contributed by atoms with E-state index in [0.717, 1.165) is 35.5 Å². The molecule has 0 spiro atoms. The molecule has 1 aromatic heterocycles. The second kappa shape index (κ2) is 12.4. The van der Waals surface area contributed by atoms with Crippen molar-refractivity contribution in [1.82, 2.24) is 4.57 Å². The van der Waals surface area contributed by atoms with E-state index in [1.54, 1.807) is 11.5 Å². The lowest BCUT2D eigenvalue weighted by Gasteiger charge is -2.26. The minimum absolute atomic E-state index is 0.196. The molecule has 0 N–H and O–H groups in total. The van der Waals surface area contributed by atoms with Crippen LogP contribution in [-0.2, 0) is 9.53 Å². The van der Waals surface area contributed by atoms with Crippen LogP contribution in [0, 0.1) is 6.92 Å². The van der Waals surface area contributed by atoms with E-state index in [2.05, 4.69) is 30.0 Å². The lowest BCUT2D eigenvalue weighted by atomic mass is 9.93. The Hall–Kier alpha value is -4.43. The number of carbonyl (C=O) groups excluding carboxylic acids is 1. The van der Waals surface area contributed by atoms with Crippen molar-refractivity contribution in [3.8, 4) is 5.75 Å². The van der Waals surface area contributed by atoms with Crippen LogP contribution in [0.2, 0.25) is 0 Å². The Balaban J connectivity index is 1.54. The third-order valence-corrected chi connectivity index (χ3v) is 8.83. The van der Waals surface area contributed by atoms with E-state index in [0.29, 0.717) is 27.2 Å². The van der Waals surface area contributed by atoms with Gasteiger partial charge in [0.25, 0.3) is 5.56 Å². The number of fused-ring (bicyclic) bond motifs is 1. The van der Waals surface area contributed by atoms with E-state index >= 15 is 0 Å². The third-order valence-electron chi connectivity index (χ3n) is 7.85. The fourth-order valence-corrected chi connectivity index (χ4v) is 6.90. The number of esters is 1. The Morgan fingerprint density at radius 2 is 1.74 bits per heavy atom. The first-order chi connectivity index (χ1) is 21.0. The van der Waals surface area contributed by atoms with Crippen LogP contribution in [0.5, 0.6) is 5.75 Å². The van der Waals surface area contributed by atoms with E-state index in [1.165, 1.54) is 35.4 Å². The molecule has 0 amide bonds. The number of rotatable bonds is 8. The van der Waals surface area contributed by atoms with E-state index < -0.39 is 12.0 Å². The molecule has 7 nitrogen and oxygen atoms in total. The molecule has 8 heteroatoms. The van der Waals surface area contributed by atoms with Gasteiger partial charge in [-0.15, -0.1) is 0 Å². The van der Waals surface area contributed by atoms with Gasteiger partial charge in [-0.1, -0.05) is 59.9 Å². The number of carbonyl (C=O) groups is 1. The summed E-state index contributed by atoms with van der Waals surface area (Å²) in [7, 11) is 0. The summed E-state index contributed by atoms with van der Waals surface area (Å²) < 4.78 is 13.4. The van der Waals surface area contributed by atoms with Gasteiger partial charge in [-0.2, -0.15) is 0 Å². The molecule has 6 rings (SSSR count). The molecule has 0 aliphatic carbocycles. The summed E-state index contributed by atoms with van der Waals surface area (Å²) in [5.41, 5.74) is 5.60. The number of aryl methyl sites for hydroxylation is 1. The van der Waals surface area contributed by atoms with Crippen molar-refractivity contribution in [3.63, 3.8) is 0 Å². The van der Waals surface area contributed by atoms with Crippen LogP contribution >= 0.6 is 11.3 Å². The summed E-state index contributed by atoms with van der Waals surface area (Å²) in [4.78, 5) is 35.7. The van der Waals surface area contributed by atoms with Crippen molar-refractivity contribution in [2.24, 2.45) is 4.99 Å². The number of nitrogens with zero attached hydrogens (tertiary/aromatic N) is 3. The fraction of sp³-hybridized carbons (Fsp3) is 0.286. The largest absolute Gasteiger partial charge is 0.494 e. The van der Waals surface area contributed by atoms with Gasteiger partial charge in [-0.05, 0) is 80.6 Å². The molecule has 3 aromatic carbocycles. The SMILES string of the molecule is CCOC(=O)C1=C(c2ccccc2)N=c2s/c(=C\c3ccc(N4CCCC4)c(C)c3)c(=O)n2[C@@H]1c1ccc(OCC)cc1. The van der Waals surface area contributed by atoms with Crippen molar-refractivity contribution in [2.75, 3.05) is 31.2 Å². The van der Waals surface area contributed by atoms with Crippen LogP contribution in [0.25, 0.3) is 11.8 Å². The van der Waals surface area contributed by atoms with Crippen molar-refractivity contribution >= 4 is 34.8 Å². The maximum atomic E-state index is 14.2. The predicted molar refractivity (Wildman–Crippen MR) is 171 cm³/mol. The Labute approximate surface area is 255 Å². The Morgan fingerprint density at radius 3 is 2.42 bits per heavy atom. The summed E-state index contributed by atoms with van der Waals surface area (Å²) in [6.45, 7) is 8.74. The summed E-state index contributed by atoms with van der Waals surface area (Å²) >= 11 is 1.33. The van der Waals surface area contributed by atoms with Gasteiger partial charge in [0.2, 0.25) is 0 Å². The summed E-state index contributed by atoms with van der Waals surface area (Å²) in [5.74, 6) is 0.225. The summed E-state index contributed by atoms with van der Waals surface area (Å²) in [6, 6.07) is 22.8. The minimum Gasteiger partial charge on any atom is -0.494 e. The standard InChI is InChI=1S/C35H35N3O4S/c1-4-41-27-16-14-26(15-17-27)32-30(34(40)42-5-2)31(25-11-7-6-8-12-25)36-35-38(32)33(39)29(43-35)22-24-13-18-28(23(3)21-24)37-19-9-10-20-37/h6-8,11-18,21-22,32H,4-5,9-10,19-20H2,1-3H3/b29-22-/t32-/m1/s1. The van der Waals surface area contributed by atoms with Gasteiger partial charge in [0.15, 0.2) is 4.80 Å². The number of ether oxygens (including phenoxy) is 2. The van der Waals surface area contributed by atoms with Gasteiger partial charge < -0.3 is 14.4 Å². The third kappa shape index (κ3) is 5.67. The highest BCUT2D eigenvalue weighted by atomic mass is 32.1. The fourth-order valence-electron chi connectivity index (χ4n) is 5.90. The highest BCUT2D eigenvalue weighted by Gasteiger charge is 2.35. The van der Waals surface area contributed by atoms with Crippen molar-refractivity contribution in [1.29, 1.82) is 0 Å². The van der Waals surface area contributed by atoms with Gasteiger partial charge in [-0.3, -0.25) is 9.36 Å². The van der Waals surface area contributed by atoms with Gasteiger partial charge in [0, 0.05) is 24.3 Å². The van der Waals surface area contributed by atoms with Crippen LogP contribution in [0.3, 0.4) is 0 Å². The Morgan fingerprint density at radius 1 is 1.00 bits per heavy atom. The van der Waals surface area contributed by atoms with E-state index in [9.17, 15) is 9.59 Å². The van der Waals surface area contributed by atoms with Crippen molar-refractivity contribution in [3.05, 3.63) is 120 Å². The highest BCUT2D eigenvalue weighted by molar-refractivity contribution is 7.07. The normalized spacial score (nSPS) is 16.7. The Kier molecular flexibility index (Phi) is 8.29. The predicted octanol–water partition coefficient (Wildman–Crippen LogP) is 5.24. The lowest BCUT2D eigenvalue weighted by molar-refractivity contribution is -0.138. The number of thiazole rings is 1. The molecule has 1 saturated heterocycles. The van der Waals surface area contributed by atoms with Crippen LogP contribution < -0.4 is 24.5 Å². The molecule has 1 fully saturated rings. The first-order valence-electron chi connectivity index (χ1n) is 14.8. The number of anilines is 1. The quantitative estimate of drug-likeness (QED) is 0.261.